The van der Waals surface area contributed by atoms with Gasteiger partial charge in [0.15, 0.2) is 6.10 Å². The fourth-order valence-corrected chi connectivity index (χ4v) is 2.14. The Morgan fingerprint density at radius 3 is 2.70 bits per heavy atom. The fraction of sp³-hybridized carbons (Fsp3) is 0.267. The van der Waals surface area contributed by atoms with E-state index in [-0.39, 0.29) is 11.3 Å². The van der Waals surface area contributed by atoms with Crippen LogP contribution in [0.4, 0.5) is 10.1 Å². The number of rotatable bonds is 4. The summed E-state index contributed by atoms with van der Waals surface area (Å²) in [5.41, 5.74) is 0.919. The first kappa shape index (κ1) is 17.1. The monoisotopic (exact) mass is 383 g/mol. The van der Waals surface area contributed by atoms with Crippen LogP contribution in [-0.4, -0.2) is 27.8 Å². The molecule has 1 aromatic heterocycles. The number of aryl methyl sites for hydroxylation is 1. The third-order valence-corrected chi connectivity index (χ3v) is 3.79. The maximum absolute atomic E-state index is 13.7. The van der Waals surface area contributed by atoms with Crippen LogP contribution < -0.4 is 5.32 Å². The van der Waals surface area contributed by atoms with Gasteiger partial charge in [-0.05, 0) is 32.0 Å². The van der Waals surface area contributed by atoms with Crippen molar-refractivity contribution >= 4 is 33.5 Å². The predicted molar refractivity (Wildman–Crippen MR) is 85.6 cm³/mol. The molecule has 0 aliphatic rings. The lowest BCUT2D eigenvalue weighted by Gasteiger charge is -2.14. The van der Waals surface area contributed by atoms with Gasteiger partial charge in [0, 0.05) is 17.2 Å². The van der Waals surface area contributed by atoms with Crippen molar-refractivity contribution in [2.45, 2.75) is 20.0 Å². The van der Waals surface area contributed by atoms with Gasteiger partial charge in [-0.15, -0.1) is 0 Å². The molecular weight excluding hydrogens is 369 g/mol. The number of hydrogen-bond acceptors (Lipinski definition) is 4. The standard InChI is InChI=1S/C15H15BrFN3O3/c1-8-11(7-18-20(8)3)15(22)23-9(2)14(21)19-13-5-4-10(16)6-12(13)17/h4-7,9H,1-3H3,(H,19,21). The Hall–Kier alpha value is -2.22. The number of ether oxygens (including phenoxy) is 1. The Kier molecular flexibility index (Phi) is 5.15. The molecule has 1 amide bonds. The minimum absolute atomic E-state index is 0.0126. The molecule has 0 aliphatic carbocycles. The van der Waals surface area contributed by atoms with Crippen LogP contribution >= 0.6 is 15.9 Å². The summed E-state index contributed by atoms with van der Waals surface area (Å²) in [6.45, 7) is 3.13. The van der Waals surface area contributed by atoms with E-state index >= 15 is 0 Å². The molecule has 2 rings (SSSR count). The van der Waals surface area contributed by atoms with E-state index in [4.69, 9.17) is 4.74 Å². The molecule has 2 aromatic rings. The van der Waals surface area contributed by atoms with Gasteiger partial charge in [0.1, 0.15) is 11.4 Å². The van der Waals surface area contributed by atoms with Crippen molar-refractivity contribution < 1.29 is 18.7 Å². The summed E-state index contributed by atoms with van der Waals surface area (Å²) in [4.78, 5) is 24.0. The number of nitrogens with zero attached hydrogens (tertiary/aromatic N) is 2. The van der Waals surface area contributed by atoms with Crippen LogP contribution in [0.1, 0.15) is 23.0 Å². The lowest BCUT2D eigenvalue weighted by Crippen LogP contribution is -2.30. The van der Waals surface area contributed by atoms with Crippen molar-refractivity contribution in [3.8, 4) is 0 Å². The van der Waals surface area contributed by atoms with Gasteiger partial charge in [0.05, 0.1) is 11.9 Å². The van der Waals surface area contributed by atoms with Gasteiger partial charge < -0.3 is 10.1 Å². The second-order valence-electron chi connectivity index (χ2n) is 4.93. The molecule has 0 saturated heterocycles. The van der Waals surface area contributed by atoms with E-state index in [1.165, 1.54) is 29.9 Å². The van der Waals surface area contributed by atoms with Gasteiger partial charge in [-0.1, -0.05) is 15.9 Å². The molecule has 0 aliphatic heterocycles. The Balaban J connectivity index is 2.02. The van der Waals surface area contributed by atoms with Crippen LogP contribution in [0.25, 0.3) is 0 Å². The van der Waals surface area contributed by atoms with E-state index in [2.05, 4.69) is 26.3 Å². The summed E-state index contributed by atoms with van der Waals surface area (Å²) in [5.74, 6) is -1.87. The van der Waals surface area contributed by atoms with Crippen LogP contribution in [0.5, 0.6) is 0 Å². The van der Waals surface area contributed by atoms with Crippen molar-refractivity contribution in [3.63, 3.8) is 0 Å². The number of esters is 1. The summed E-state index contributed by atoms with van der Waals surface area (Å²) in [6, 6.07) is 4.23. The second-order valence-corrected chi connectivity index (χ2v) is 5.84. The van der Waals surface area contributed by atoms with Crippen molar-refractivity contribution in [2.24, 2.45) is 7.05 Å². The Morgan fingerprint density at radius 1 is 1.43 bits per heavy atom. The molecule has 8 heteroatoms. The second kappa shape index (κ2) is 6.91. The lowest BCUT2D eigenvalue weighted by molar-refractivity contribution is -0.123. The van der Waals surface area contributed by atoms with Gasteiger partial charge in [0.25, 0.3) is 5.91 Å². The number of nitrogens with one attached hydrogen (secondary N) is 1. The van der Waals surface area contributed by atoms with Crippen LogP contribution in [-0.2, 0) is 16.6 Å². The summed E-state index contributed by atoms with van der Waals surface area (Å²) >= 11 is 3.13. The fourth-order valence-electron chi connectivity index (χ4n) is 1.80. The minimum Gasteiger partial charge on any atom is -0.449 e. The third-order valence-electron chi connectivity index (χ3n) is 3.30. The first-order valence-corrected chi connectivity index (χ1v) is 7.54. The predicted octanol–water partition coefficient (Wildman–Crippen LogP) is 2.81. The van der Waals surface area contributed by atoms with Crippen molar-refractivity contribution in [2.75, 3.05) is 5.32 Å². The summed E-state index contributed by atoms with van der Waals surface area (Å²) in [7, 11) is 1.69. The van der Waals surface area contributed by atoms with Crippen LogP contribution in [0, 0.1) is 12.7 Å². The molecule has 0 radical (unpaired) electrons. The van der Waals surface area contributed by atoms with Crippen molar-refractivity contribution in [1.82, 2.24) is 9.78 Å². The summed E-state index contributed by atoms with van der Waals surface area (Å²) in [5, 5.41) is 6.32. The van der Waals surface area contributed by atoms with Crippen LogP contribution in [0.2, 0.25) is 0 Å². The van der Waals surface area contributed by atoms with Crippen LogP contribution in [0.3, 0.4) is 0 Å². The summed E-state index contributed by atoms with van der Waals surface area (Å²) < 4.78 is 20.9. The molecule has 1 heterocycles. The van der Waals surface area contributed by atoms with Gasteiger partial charge in [-0.3, -0.25) is 9.48 Å². The number of benzene rings is 1. The highest BCUT2D eigenvalue weighted by molar-refractivity contribution is 9.10. The first-order valence-electron chi connectivity index (χ1n) is 6.75. The van der Waals surface area contributed by atoms with E-state index in [1.807, 2.05) is 0 Å². The molecule has 1 atom stereocenters. The molecule has 1 unspecified atom stereocenters. The topological polar surface area (TPSA) is 73.2 Å². The van der Waals surface area contributed by atoms with Gasteiger partial charge >= 0.3 is 5.97 Å². The molecular formula is C15H15BrFN3O3. The number of hydrogen-bond donors (Lipinski definition) is 1. The van der Waals surface area contributed by atoms with E-state index in [0.29, 0.717) is 10.2 Å². The number of amides is 1. The van der Waals surface area contributed by atoms with E-state index in [0.717, 1.165) is 0 Å². The Morgan fingerprint density at radius 2 is 2.13 bits per heavy atom. The van der Waals surface area contributed by atoms with E-state index < -0.39 is 23.8 Å². The zero-order chi connectivity index (χ0) is 17.1. The average Bonchev–Trinajstić information content (AvgIpc) is 2.81. The summed E-state index contributed by atoms with van der Waals surface area (Å²) in [6.07, 6.45) is 0.293. The quantitative estimate of drug-likeness (QED) is 0.823. The lowest BCUT2D eigenvalue weighted by atomic mass is 10.2. The Labute approximate surface area is 140 Å². The van der Waals surface area contributed by atoms with E-state index in [9.17, 15) is 14.0 Å². The molecule has 1 N–H and O–H groups in total. The molecule has 0 spiro atoms. The maximum Gasteiger partial charge on any atom is 0.342 e. The van der Waals surface area contributed by atoms with Crippen LogP contribution in [0.15, 0.2) is 28.9 Å². The third kappa shape index (κ3) is 3.95. The highest BCUT2D eigenvalue weighted by atomic mass is 79.9. The highest BCUT2D eigenvalue weighted by Gasteiger charge is 2.22. The SMILES string of the molecule is Cc1c(C(=O)OC(C)C(=O)Nc2ccc(Br)cc2F)cnn1C. The number of carbonyl (C=O) groups is 2. The maximum atomic E-state index is 13.7. The van der Waals surface area contributed by atoms with Crippen molar-refractivity contribution in [1.29, 1.82) is 0 Å². The van der Waals surface area contributed by atoms with Gasteiger partial charge in [-0.25, -0.2) is 9.18 Å². The molecule has 6 nitrogen and oxygen atoms in total. The molecule has 0 saturated carbocycles. The smallest absolute Gasteiger partial charge is 0.342 e. The van der Waals surface area contributed by atoms with E-state index in [1.54, 1.807) is 20.0 Å². The number of aromatic nitrogens is 2. The molecule has 122 valence electrons. The largest absolute Gasteiger partial charge is 0.449 e. The molecule has 1 aromatic carbocycles. The first-order chi connectivity index (χ1) is 10.8. The normalized spacial score (nSPS) is 11.9. The van der Waals surface area contributed by atoms with Gasteiger partial charge in [-0.2, -0.15) is 5.10 Å². The number of halogens is 2. The zero-order valence-corrected chi connectivity index (χ0v) is 14.3. The minimum atomic E-state index is -1.08. The highest BCUT2D eigenvalue weighted by Crippen LogP contribution is 2.19. The van der Waals surface area contributed by atoms with Gasteiger partial charge in [0.2, 0.25) is 0 Å². The molecule has 0 fully saturated rings. The zero-order valence-electron chi connectivity index (χ0n) is 12.8. The molecule has 0 bridgehead atoms. The average molecular weight is 384 g/mol. The molecule has 23 heavy (non-hydrogen) atoms. The number of anilines is 1. The number of carbonyl (C=O) groups excluding carboxylic acids is 2. The Bertz CT molecular complexity index is 760. The van der Waals surface area contributed by atoms with Crippen molar-refractivity contribution in [3.05, 3.63) is 45.9 Å².